The lowest BCUT2D eigenvalue weighted by molar-refractivity contribution is 0.272. The van der Waals surface area contributed by atoms with Crippen LogP contribution < -0.4 is 20.5 Å². The van der Waals surface area contributed by atoms with Gasteiger partial charge in [-0.15, -0.1) is 0 Å². The topological polar surface area (TPSA) is 86.7 Å². The summed E-state index contributed by atoms with van der Waals surface area (Å²) in [5, 5.41) is 8.04. The molecule has 7 heteroatoms. The molecule has 0 aliphatic heterocycles. The minimum absolute atomic E-state index is 0.457. The van der Waals surface area contributed by atoms with Crippen LogP contribution in [0.4, 0.5) is 11.5 Å². The predicted molar refractivity (Wildman–Crippen MR) is 128 cm³/mol. The van der Waals surface area contributed by atoms with Crippen LogP contribution in [0.15, 0.2) is 60.7 Å². The largest absolute Gasteiger partial charge is 0.494 e. The van der Waals surface area contributed by atoms with Gasteiger partial charge in [-0.3, -0.25) is 0 Å². The summed E-state index contributed by atoms with van der Waals surface area (Å²) < 4.78 is 13.1. The van der Waals surface area contributed by atoms with Crippen LogP contribution in [0.3, 0.4) is 0 Å². The second-order valence-electron chi connectivity index (χ2n) is 7.98. The molecule has 7 nitrogen and oxygen atoms in total. The van der Waals surface area contributed by atoms with E-state index in [2.05, 4.69) is 24.3 Å². The third-order valence-corrected chi connectivity index (χ3v) is 4.89. The smallest absolute Gasteiger partial charge is 0.158 e. The van der Waals surface area contributed by atoms with Gasteiger partial charge in [-0.2, -0.15) is 9.61 Å². The zero-order valence-electron chi connectivity index (χ0n) is 18.7. The summed E-state index contributed by atoms with van der Waals surface area (Å²) in [6.45, 7) is 8.05. The highest BCUT2D eigenvalue weighted by Gasteiger charge is 2.11. The zero-order chi connectivity index (χ0) is 22.5. The van der Waals surface area contributed by atoms with E-state index in [9.17, 15) is 0 Å². The molecule has 0 amide bonds. The van der Waals surface area contributed by atoms with Crippen molar-refractivity contribution in [3.05, 3.63) is 66.4 Å². The van der Waals surface area contributed by atoms with Crippen molar-refractivity contribution in [1.82, 2.24) is 14.6 Å². The van der Waals surface area contributed by atoms with Gasteiger partial charge in [0.25, 0.3) is 0 Å². The highest BCUT2D eigenvalue weighted by molar-refractivity contribution is 5.66. The van der Waals surface area contributed by atoms with Crippen molar-refractivity contribution in [3.8, 4) is 22.8 Å². The molecule has 2 heterocycles. The average Bonchev–Trinajstić information content (AvgIpc) is 3.22. The molecule has 0 fully saturated rings. The van der Waals surface area contributed by atoms with Gasteiger partial charge in [0.05, 0.1) is 36.8 Å². The molecule has 166 valence electrons. The normalized spacial score (nSPS) is 11.1. The number of nitrogens with zero attached hydrogens (tertiary/aromatic N) is 3. The Labute approximate surface area is 188 Å². The Kier molecular flexibility index (Phi) is 6.44. The van der Waals surface area contributed by atoms with Crippen LogP contribution in [0.2, 0.25) is 0 Å². The Balaban J connectivity index is 1.53. The summed E-state index contributed by atoms with van der Waals surface area (Å²) in [6.07, 6.45) is 0. The van der Waals surface area contributed by atoms with E-state index in [-0.39, 0.29) is 0 Å². The summed E-state index contributed by atoms with van der Waals surface area (Å²) in [5.41, 5.74) is 10.5. The maximum absolute atomic E-state index is 6.28. The zero-order valence-corrected chi connectivity index (χ0v) is 18.7. The third kappa shape index (κ3) is 4.94. The lowest BCUT2D eigenvalue weighted by Crippen LogP contribution is -2.09. The van der Waals surface area contributed by atoms with E-state index in [1.165, 1.54) is 0 Å². The van der Waals surface area contributed by atoms with Gasteiger partial charge in [0.1, 0.15) is 17.3 Å². The van der Waals surface area contributed by atoms with Crippen LogP contribution in [0, 0.1) is 5.92 Å². The van der Waals surface area contributed by atoms with E-state index >= 15 is 0 Å². The van der Waals surface area contributed by atoms with Crippen LogP contribution in [0.25, 0.3) is 16.9 Å². The van der Waals surface area contributed by atoms with E-state index < -0.39 is 0 Å². The Morgan fingerprint density at radius 2 is 1.81 bits per heavy atom. The third-order valence-electron chi connectivity index (χ3n) is 4.89. The maximum Gasteiger partial charge on any atom is 0.158 e. The number of para-hydroxylation sites is 2. The number of nitrogens with one attached hydrogen (secondary N) is 1. The molecule has 0 unspecified atom stereocenters. The van der Waals surface area contributed by atoms with Gasteiger partial charge in [0, 0.05) is 17.7 Å². The molecular weight excluding hydrogens is 402 g/mol. The maximum atomic E-state index is 6.28. The van der Waals surface area contributed by atoms with E-state index in [1.807, 2.05) is 67.6 Å². The Bertz CT molecular complexity index is 1180. The molecule has 0 spiro atoms. The molecule has 4 aromatic rings. The van der Waals surface area contributed by atoms with Crippen LogP contribution in [0.1, 0.15) is 26.5 Å². The highest BCUT2D eigenvalue weighted by Crippen LogP contribution is 2.26. The number of fused-ring (bicyclic) bond motifs is 1. The first kappa shape index (κ1) is 21.5. The van der Waals surface area contributed by atoms with E-state index in [0.717, 1.165) is 34.1 Å². The van der Waals surface area contributed by atoms with Gasteiger partial charge >= 0.3 is 0 Å². The first-order valence-electron chi connectivity index (χ1n) is 10.9. The number of hydrogen-bond acceptors (Lipinski definition) is 6. The number of hydrogen-bond donors (Lipinski definition) is 2. The SMILES string of the molecule is CCOc1ccc(-c2cc3nc(CNc4ccccc4OCC(C)C)cc(N)n3n2)cc1. The number of ether oxygens (including phenoxy) is 2. The summed E-state index contributed by atoms with van der Waals surface area (Å²) >= 11 is 0. The lowest BCUT2D eigenvalue weighted by Gasteiger charge is -2.14. The van der Waals surface area contributed by atoms with Crippen LogP contribution in [-0.4, -0.2) is 27.8 Å². The van der Waals surface area contributed by atoms with Crippen LogP contribution >= 0.6 is 0 Å². The quantitative estimate of drug-likeness (QED) is 0.387. The van der Waals surface area contributed by atoms with Crippen molar-refractivity contribution in [2.45, 2.75) is 27.3 Å². The predicted octanol–water partition coefficient (Wildman–Crippen LogP) is 5.02. The lowest BCUT2D eigenvalue weighted by atomic mass is 10.1. The number of rotatable bonds is 9. The van der Waals surface area contributed by atoms with E-state index in [4.69, 9.17) is 20.2 Å². The number of benzene rings is 2. The molecule has 3 N–H and O–H groups in total. The van der Waals surface area contributed by atoms with Crippen molar-refractivity contribution >= 4 is 17.2 Å². The molecular formula is C25H29N5O2. The number of nitrogen functional groups attached to an aromatic ring is 1. The van der Waals surface area contributed by atoms with E-state index in [0.29, 0.717) is 37.1 Å². The van der Waals surface area contributed by atoms with Crippen LogP contribution in [-0.2, 0) is 6.54 Å². The molecule has 0 aliphatic rings. The standard InChI is InChI=1S/C25H29N5O2/c1-4-31-20-11-9-18(10-12-20)22-14-25-28-19(13-24(26)30(25)29-22)15-27-21-7-5-6-8-23(21)32-16-17(2)3/h5-14,17,27H,4,15-16,26H2,1-3H3. The Morgan fingerprint density at radius 3 is 2.56 bits per heavy atom. The second-order valence-corrected chi connectivity index (χ2v) is 7.98. The average molecular weight is 432 g/mol. The molecule has 0 bridgehead atoms. The van der Waals surface area contributed by atoms with Crippen molar-refractivity contribution in [1.29, 1.82) is 0 Å². The Morgan fingerprint density at radius 1 is 1.03 bits per heavy atom. The first-order valence-corrected chi connectivity index (χ1v) is 10.9. The van der Waals surface area contributed by atoms with Gasteiger partial charge in [-0.05, 0) is 49.2 Å². The number of anilines is 2. The second kappa shape index (κ2) is 9.60. The molecule has 0 saturated carbocycles. The minimum atomic E-state index is 0.457. The Hall–Kier alpha value is -3.74. The molecule has 32 heavy (non-hydrogen) atoms. The molecule has 2 aromatic carbocycles. The first-order chi connectivity index (χ1) is 15.5. The summed E-state index contributed by atoms with van der Waals surface area (Å²) in [6, 6.07) is 19.5. The van der Waals surface area contributed by atoms with Crippen molar-refractivity contribution in [3.63, 3.8) is 0 Å². The molecule has 0 atom stereocenters. The van der Waals surface area contributed by atoms with Crippen molar-refractivity contribution in [2.75, 3.05) is 24.3 Å². The number of nitrogens with two attached hydrogens (primary N) is 1. The van der Waals surface area contributed by atoms with Gasteiger partial charge in [0.15, 0.2) is 5.65 Å². The summed E-state index contributed by atoms with van der Waals surface area (Å²) in [4.78, 5) is 4.74. The molecule has 0 saturated heterocycles. The van der Waals surface area contributed by atoms with Crippen molar-refractivity contribution in [2.24, 2.45) is 5.92 Å². The summed E-state index contributed by atoms with van der Waals surface area (Å²) in [7, 11) is 0. The van der Waals surface area contributed by atoms with E-state index in [1.54, 1.807) is 4.52 Å². The molecule has 2 aromatic heterocycles. The fourth-order valence-electron chi connectivity index (χ4n) is 3.35. The number of aromatic nitrogens is 3. The van der Waals surface area contributed by atoms with Crippen molar-refractivity contribution < 1.29 is 9.47 Å². The van der Waals surface area contributed by atoms with Gasteiger partial charge in [-0.25, -0.2) is 4.98 Å². The monoisotopic (exact) mass is 431 g/mol. The molecule has 4 rings (SSSR count). The minimum Gasteiger partial charge on any atom is -0.494 e. The fourth-order valence-corrected chi connectivity index (χ4v) is 3.35. The fraction of sp³-hybridized carbons (Fsp3) is 0.280. The van der Waals surface area contributed by atoms with Gasteiger partial charge in [0.2, 0.25) is 0 Å². The molecule has 0 aliphatic carbocycles. The molecule has 0 radical (unpaired) electrons. The van der Waals surface area contributed by atoms with Gasteiger partial charge < -0.3 is 20.5 Å². The summed E-state index contributed by atoms with van der Waals surface area (Å²) in [5.74, 6) is 2.66. The highest BCUT2D eigenvalue weighted by atomic mass is 16.5. The van der Waals surface area contributed by atoms with Crippen LogP contribution in [0.5, 0.6) is 11.5 Å². The van der Waals surface area contributed by atoms with Gasteiger partial charge in [-0.1, -0.05) is 26.0 Å².